The molecule has 5 rings (SSSR count). The van der Waals surface area contributed by atoms with Gasteiger partial charge in [0.05, 0.1) is 16.8 Å². The normalized spacial score (nSPS) is 12.9. The maximum absolute atomic E-state index is 12.9. The molecule has 0 spiro atoms. The molecule has 0 radical (unpaired) electrons. The zero-order valence-electron chi connectivity index (χ0n) is 14.2. The third kappa shape index (κ3) is 2.40. The van der Waals surface area contributed by atoms with Gasteiger partial charge < -0.3 is 4.74 Å². The van der Waals surface area contributed by atoms with E-state index in [2.05, 4.69) is 4.98 Å². The fourth-order valence-corrected chi connectivity index (χ4v) is 3.37. The number of aromatic nitrogens is 2. The Hall–Kier alpha value is -3.61. The summed E-state index contributed by atoms with van der Waals surface area (Å²) in [6, 6.07) is 15.1. The van der Waals surface area contributed by atoms with Crippen LogP contribution in [0.2, 0.25) is 0 Å². The molecule has 0 N–H and O–H groups in total. The molecule has 4 nitrogen and oxygen atoms in total. The molecular weight excluding hydrogens is 369 g/mol. The van der Waals surface area contributed by atoms with E-state index in [0.29, 0.717) is 27.9 Å². The van der Waals surface area contributed by atoms with Crippen molar-refractivity contribution in [3.8, 4) is 22.9 Å². The summed E-state index contributed by atoms with van der Waals surface area (Å²) >= 11 is 0. The third-order valence-corrected chi connectivity index (χ3v) is 4.67. The maximum atomic E-state index is 12.9. The van der Waals surface area contributed by atoms with Crippen LogP contribution in [0.5, 0.6) is 11.5 Å². The smallest absolute Gasteiger partial charge is 0.416 e. The lowest BCUT2D eigenvalue weighted by molar-refractivity contribution is -0.137. The van der Waals surface area contributed by atoms with E-state index in [0.717, 1.165) is 12.1 Å². The van der Waals surface area contributed by atoms with E-state index in [4.69, 9.17) is 4.74 Å². The van der Waals surface area contributed by atoms with Crippen LogP contribution in [0.25, 0.3) is 22.3 Å². The van der Waals surface area contributed by atoms with E-state index in [1.165, 1.54) is 16.7 Å². The molecule has 138 valence electrons. The van der Waals surface area contributed by atoms with Gasteiger partial charge in [-0.1, -0.05) is 12.1 Å². The zero-order chi connectivity index (χ0) is 19.5. The van der Waals surface area contributed by atoms with E-state index in [-0.39, 0.29) is 17.4 Å². The number of pyridine rings is 1. The van der Waals surface area contributed by atoms with E-state index in [9.17, 15) is 18.0 Å². The van der Waals surface area contributed by atoms with Gasteiger partial charge >= 0.3 is 6.18 Å². The van der Waals surface area contributed by atoms with Gasteiger partial charge in [-0.05, 0) is 48.5 Å². The van der Waals surface area contributed by atoms with Gasteiger partial charge in [-0.25, -0.2) is 4.98 Å². The molecule has 0 saturated heterocycles. The molecule has 7 heteroatoms. The molecule has 3 heterocycles. The van der Waals surface area contributed by atoms with Crippen LogP contribution in [0.15, 0.2) is 66.9 Å². The van der Waals surface area contributed by atoms with Crippen molar-refractivity contribution in [2.45, 2.75) is 6.18 Å². The topological polar surface area (TPSA) is 44.1 Å². The second-order valence-electron chi connectivity index (χ2n) is 6.37. The molecule has 1 aliphatic heterocycles. The Balaban J connectivity index is 1.68. The molecule has 0 unspecified atom stereocenters. The van der Waals surface area contributed by atoms with Crippen molar-refractivity contribution in [1.82, 2.24) is 9.55 Å². The molecule has 0 amide bonds. The van der Waals surface area contributed by atoms with Crippen LogP contribution in [-0.2, 0) is 6.18 Å². The van der Waals surface area contributed by atoms with Crippen LogP contribution in [-0.4, -0.2) is 15.5 Å². The SMILES string of the molecule is O=C1c2c(nc3ccccc3c2Oc2ccc(C(F)(F)F)cc2)-c2cccn21. The van der Waals surface area contributed by atoms with Crippen LogP contribution in [0, 0.1) is 0 Å². The van der Waals surface area contributed by atoms with Crippen molar-refractivity contribution in [1.29, 1.82) is 0 Å². The number of ether oxygens (including phenoxy) is 1. The predicted octanol–water partition coefficient (Wildman–Crippen LogP) is 5.52. The molecule has 28 heavy (non-hydrogen) atoms. The molecule has 0 atom stereocenters. The third-order valence-electron chi connectivity index (χ3n) is 4.67. The second kappa shape index (κ2) is 5.69. The molecule has 2 aromatic carbocycles. The summed E-state index contributed by atoms with van der Waals surface area (Å²) < 4.78 is 45.8. The summed E-state index contributed by atoms with van der Waals surface area (Å²) in [7, 11) is 0. The van der Waals surface area contributed by atoms with Gasteiger partial charge in [0.15, 0.2) is 5.75 Å². The van der Waals surface area contributed by atoms with Gasteiger partial charge in [-0.2, -0.15) is 13.2 Å². The minimum atomic E-state index is -4.43. The number of hydrogen-bond acceptors (Lipinski definition) is 3. The number of carbonyl (C=O) groups excluding carboxylic acids is 1. The van der Waals surface area contributed by atoms with E-state index < -0.39 is 11.7 Å². The fourth-order valence-electron chi connectivity index (χ4n) is 3.37. The van der Waals surface area contributed by atoms with E-state index >= 15 is 0 Å². The second-order valence-corrected chi connectivity index (χ2v) is 6.37. The highest BCUT2D eigenvalue weighted by Crippen LogP contribution is 2.42. The summed E-state index contributed by atoms with van der Waals surface area (Å²) in [6.07, 6.45) is -2.78. The minimum Gasteiger partial charge on any atom is -0.456 e. The van der Waals surface area contributed by atoms with Crippen molar-refractivity contribution in [3.63, 3.8) is 0 Å². The van der Waals surface area contributed by atoms with Crippen LogP contribution in [0.1, 0.15) is 15.9 Å². The Morgan fingerprint density at radius 1 is 0.929 bits per heavy atom. The van der Waals surface area contributed by atoms with Crippen LogP contribution >= 0.6 is 0 Å². The average molecular weight is 380 g/mol. The number of hydrogen-bond donors (Lipinski definition) is 0. The van der Waals surface area contributed by atoms with Gasteiger partial charge in [-0.15, -0.1) is 0 Å². The van der Waals surface area contributed by atoms with Crippen molar-refractivity contribution in [2.24, 2.45) is 0 Å². The number of alkyl halides is 3. The van der Waals surface area contributed by atoms with Gasteiger partial charge in [0, 0.05) is 11.6 Å². The first-order valence-corrected chi connectivity index (χ1v) is 8.44. The highest BCUT2D eigenvalue weighted by molar-refractivity contribution is 6.13. The molecule has 4 aromatic rings. The number of fused-ring (bicyclic) bond motifs is 4. The zero-order valence-corrected chi connectivity index (χ0v) is 14.2. The highest BCUT2D eigenvalue weighted by Gasteiger charge is 2.33. The lowest BCUT2D eigenvalue weighted by atomic mass is 10.1. The molecule has 0 bridgehead atoms. The Kier molecular flexibility index (Phi) is 3.37. The summed E-state index contributed by atoms with van der Waals surface area (Å²) in [6.45, 7) is 0. The van der Waals surface area contributed by atoms with Crippen molar-refractivity contribution < 1.29 is 22.7 Å². The Morgan fingerprint density at radius 2 is 1.68 bits per heavy atom. The summed E-state index contributed by atoms with van der Waals surface area (Å²) in [5.74, 6) is 0.208. The number of rotatable bonds is 2. The summed E-state index contributed by atoms with van der Waals surface area (Å²) in [5.41, 5.74) is 1.31. The Bertz CT molecular complexity index is 1240. The molecule has 0 fully saturated rings. The van der Waals surface area contributed by atoms with Crippen molar-refractivity contribution >= 4 is 16.8 Å². The quantitative estimate of drug-likeness (QED) is 0.405. The van der Waals surface area contributed by atoms with Gasteiger partial charge in [-0.3, -0.25) is 9.36 Å². The maximum Gasteiger partial charge on any atom is 0.416 e. The molecule has 1 aliphatic rings. The van der Waals surface area contributed by atoms with Gasteiger partial charge in [0.2, 0.25) is 0 Å². The standard InChI is InChI=1S/C21H11F3N2O2/c22-21(23,24)12-7-9-13(10-8-12)28-19-14-4-1-2-5-15(14)25-18-16-6-3-11-26(16)20(27)17(18)19/h1-11H. The van der Waals surface area contributed by atoms with Crippen LogP contribution in [0.3, 0.4) is 0 Å². The van der Waals surface area contributed by atoms with Gasteiger partial charge in [0.25, 0.3) is 5.91 Å². The van der Waals surface area contributed by atoms with E-state index in [1.807, 2.05) is 6.07 Å². The van der Waals surface area contributed by atoms with Crippen LogP contribution in [0.4, 0.5) is 13.2 Å². The highest BCUT2D eigenvalue weighted by atomic mass is 19.4. The summed E-state index contributed by atoms with van der Waals surface area (Å²) in [4.78, 5) is 17.5. The predicted molar refractivity (Wildman–Crippen MR) is 96.4 cm³/mol. The van der Waals surface area contributed by atoms with Gasteiger partial charge in [0.1, 0.15) is 17.0 Å². The fraction of sp³-hybridized carbons (Fsp3) is 0.0476. The monoisotopic (exact) mass is 380 g/mol. The molecule has 2 aromatic heterocycles. The first-order valence-electron chi connectivity index (χ1n) is 8.44. The molecular formula is C21H11F3N2O2. The number of para-hydroxylation sites is 1. The Labute approximate surface area is 156 Å². The number of benzene rings is 2. The number of carbonyl (C=O) groups is 1. The lowest BCUT2D eigenvalue weighted by Gasteiger charge is -2.13. The van der Waals surface area contributed by atoms with Crippen molar-refractivity contribution in [2.75, 3.05) is 0 Å². The largest absolute Gasteiger partial charge is 0.456 e. The number of nitrogens with zero attached hydrogens (tertiary/aromatic N) is 2. The average Bonchev–Trinajstić information content (AvgIpc) is 3.25. The van der Waals surface area contributed by atoms with E-state index in [1.54, 1.807) is 36.5 Å². The summed E-state index contributed by atoms with van der Waals surface area (Å²) in [5, 5.41) is 0.611. The van der Waals surface area contributed by atoms with Crippen LogP contribution < -0.4 is 4.74 Å². The molecule has 0 aliphatic carbocycles. The first kappa shape index (κ1) is 16.6. The number of halogens is 3. The Morgan fingerprint density at radius 3 is 2.43 bits per heavy atom. The first-order chi connectivity index (χ1) is 13.4. The minimum absolute atomic E-state index is 0.205. The molecule has 0 saturated carbocycles. The van der Waals surface area contributed by atoms with Crippen molar-refractivity contribution in [3.05, 3.63) is 78.0 Å². The lowest BCUT2D eigenvalue weighted by Crippen LogP contribution is -2.07.